The largest absolute Gasteiger partial charge is 0.322 e. The molecular weight excluding hydrogens is 390 g/mol. The van der Waals surface area contributed by atoms with Gasteiger partial charge in [-0.05, 0) is 48.7 Å². The predicted octanol–water partition coefficient (Wildman–Crippen LogP) is 5.19. The van der Waals surface area contributed by atoms with Crippen LogP contribution < -0.4 is 5.32 Å². The van der Waals surface area contributed by atoms with Gasteiger partial charge in [0.05, 0.1) is 0 Å². The molecule has 0 aromatic heterocycles. The standard InChI is InChI=1S/C14H11Br2NOS/c1-19-13-4-2-12(3-5-13)17-14(18)9-6-10(15)8-11(16)7-9/h2-8H,1H3,(H,17,18). The quantitative estimate of drug-likeness (QED) is 0.718. The third kappa shape index (κ3) is 4.09. The molecule has 5 heteroatoms. The molecule has 98 valence electrons. The van der Waals surface area contributed by atoms with Crippen LogP contribution in [-0.4, -0.2) is 12.2 Å². The highest BCUT2D eigenvalue weighted by molar-refractivity contribution is 9.11. The van der Waals surface area contributed by atoms with E-state index >= 15 is 0 Å². The molecule has 0 aliphatic carbocycles. The van der Waals surface area contributed by atoms with Crippen molar-refractivity contribution in [3.63, 3.8) is 0 Å². The van der Waals surface area contributed by atoms with Crippen molar-refractivity contribution in [1.29, 1.82) is 0 Å². The number of nitrogens with one attached hydrogen (secondary N) is 1. The maximum atomic E-state index is 12.1. The Morgan fingerprint density at radius 1 is 1.05 bits per heavy atom. The highest BCUT2D eigenvalue weighted by atomic mass is 79.9. The summed E-state index contributed by atoms with van der Waals surface area (Å²) >= 11 is 8.42. The third-order valence-corrected chi connectivity index (χ3v) is 4.13. The second kappa shape index (κ2) is 6.59. The first-order chi connectivity index (χ1) is 9.08. The molecule has 0 radical (unpaired) electrons. The summed E-state index contributed by atoms with van der Waals surface area (Å²) in [6.45, 7) is 0. The summed E-state index contributed by atoms with van der Waals surface area (Å²) in [6.07, 6.45) is 2.02. The molecule has 0 saturated heterocycles. The lowest BCUT2D eigenvalue weighted by molar-refractivity contribution is 0.102. The minimum absolute atomic E-state index is 0.126. The van der Waals surface area contributed by atoms with E-state index in [0.29, 0.717) is 5.56 Å². The van der Waals surface area contributed by atoms with Crippen molar-refractivity contribution >= 4 is 55.2 Å². The van der Waals surface area contributed by atoms with Crippen molar-refractivity contribution in [1.82, 2.24) is 0 Å². The SMILES string of the molecule is CSc1ccc(NC(=O)c2cc(Br)cc(Br)c2)cc1. The van der Waals surface area contributed by atoms with Crippen molar-refractivity contribution in [3.05, 3.63) is 57.0 Å². The van der Waals surface area contributed by atoms with E-state index in [4.69, 9.17) is 0 Å². The monoisotopic (exact) mass is 399 g/mol. The second-order valence-electron chi connectivity index (χ2n) is 3.84. The molecule has 2 aromatic carbocycles. The van der Waals surface area contributed by atoms with Crippen molar-refractivity contribution in [2.45, 2.75) is 4.90 Å². The lowest BCUT2D eigenvalue weighted by Gasteiger charge is -2.07. The Hall–Kier alpha value is -0.780. The molecule has 0 saturated carbocycles. The lowest BCUT2D eigenvalue weighted by atomic mass is 10.2. The average molecular weight is 401 g/mol. The molecule has 1 N–H and O–H groups in total. The first-order valence-electron chi connectivity index (χ1n) is 5.50. The van der Waals surface area contributed by atoms with Crippen LogP contribution in [0.25, 0.3) is 0 Å². The summed E-state index contributed by atoms with van der Waals surface area (Å²) in [7, 11) is 0. The van der Waals surface area contributed by atoms with Gasteiger partial charge in [0.25, 0.3) is 5.91 Å². The predicted molar refractivity (Wildman–Crippen MR) is 88.0 cm³/mol. The van der Waals surface area contributed by atoms with Gasteiger partial charge < -0.3 is 5.32 Å². The Morgan fingerprint density at radius 3 is 2.16 bits per heavy atom. The molecule has 0 spiro atoms. The number of hydrogen-bond donors (Lipinski definition) is 1. The first kappa shape index (κ1) is 14.6. The van der Waals surface area contributed by atoms with Gasteiger partial charge in [-0.25, -0.2) is 0 Å². The van der Waals surface area contributed by atoms with Crippen molar-refractivity contribution < 1.29 is 4.79 Å². The zero-order valence-electron chi connectivity index (χ0n) is 10.1. The van der Waals surface area contributed by atoms with Crippen molar-refractivity contribution in [2.75, 3.05) is 11.6 Å². The fraction of sp³-hybridized carbons (Fsp3) is 0.0714. The number of hydrogen-bond acceptors (Lipinski definition) is 2. The molecule has 0 atom stereocenters. The second-order valence-corrected chi connectivity index (χ2v) is 6.55. The maximum absolute atomic E-state index is 12.1. The Balaban J connectivity index is 2.15. The van der Waals surface area contributed by atoms with Crippen LogP contribution in [0.4, 0.5) is 5.69 Å². The van der Waals surface area contributed by atoms with Crippen LogP contribution in [0.1, 0.15) is 10.4 Å². The van der Waals surface area contributed by atoms with Gasteiger partial charge in [0.2, 0.25) is 0 Å². The van der Waals surface area contributed by atoms with Crippen LogP contribution in [0.5, 0.6) is 0 Å². The number of anilines is 1. The summed E-state index contributed by atoms with van der Waals surface area (Å²) in [5.74, 6) is -0.126. The summed E-state index contributed by atoms with van der Waals surface area (Å²) < 4.78 is 1.73. The Bertz CT molecular complexity index is 579. The molecule has 0 aliphatic rings. The van der Waals surface area contributed by atoms with Crippen LogP contribution in [0.2, 0.25) is 0 Å². The normalized spacial score (nSPS) is 10.3. The van der Waals surface area contributed by atoms with Gasteiger partial charge in [-0.15, -0.1) is 11.8 Å². The van der Waals surface area contributed by atoms with Crippen LogP contribution in [0, 0.1) is 0 Å². The molecule has 0 aliphatic heterocycles. The number of thioether (sulfide) groups is 1. The topological polar surface area (TPSA) is 29.1 Å². The first-order valence-corrected chi connectivity index (χ1v) is 8.31. The van der Waals surface area contributed by atoms with E-state index in [1.807, 2.05) is 36.6 Å². The zero-order chi connectivity index (χ0) is 13.8. The fourth-order valence-electron chi connectivity index (χ4n) is 1.56. The number of carbonyl (C=O) groups excluding carboxylic acids is 1. The number of rotatable bonds is 3. The van der Waals surface area contributed by atoms with Crippen LogP contribution >= 0.6 is 43.6 Å². The molecule has 2 rings (SSSR count). The number of carbonyl (C=O) groups is 1. The molecule has 0 unspecified atom stereocenters. The van der Waals surface area contributed by atoms with E-state index in [9.17, 15) is 4.79 Å². The fourth-order valence-corrected chi connectivity index (χ4v) is 3.26. The maximum Gasteiger partial charge on any atom is 0.255 e. The van der Waals surface area contributed by atoms with E-state index in [0.717, 1.165) is 14.6 Å². The summed E-state index contributed by atoms with van der Waals surface area (Å²) in [5, 5.41) is 2.87. The average Bonchev–Trinajstić information content (AvgIpc) is 2.38. The summed E-state index contributed by atoms with van der Waals surface area (Å²) in [5.41, 5.74) is 1.40. The smallest absolute Gasteiger partial charge is 0.255 e. The van der Waals surface area contributed by atoms with E-state index in [1.165, 1.54) is 4.90 Å². The van der Waals surface area contributed by atoms with Gasteiger partial charge in [0.1, 0.15) is 0 Å². The van der Waals surface area contributed by atoms with Gasteiger partial charge in [-0.2, -0.15) is 0 Å². The number of amides is 1. The molecule has 2 aromatic rings. The highest BCUT2D eigenvalue weighted by Gasteiger charge is 2.08. The van der Waals surface area contributed by atoms with Gasteiger partial charge in [-0.3, -0.25) is 4.79 Å². The van der Waals surface area contributed by atoms with E-state index in [1.54, 1.807) is 23.9 Å². The highest BCUT2D eigenvalue weighted by Crippen LogP contribution is 2.22. The molecular formula is C14H11Br2NOS. The molecule has 2 nitrogen and oxygen atoms in total. The van der Waals surface area contributed by atoms with Gasteiger partial charge in [-0.1, -0.05) is 31.9 Å². The minimum Gasteiger partial charge on any atom is -0.322 e. The van der Waals surface area contributed by atoms with Crippen LogP contribution in [0.3, 0.4) is 0 Å². The van der Waals surface area contributed by atoms with Crippen molar-refractivity contribution in [2.24, 2.45) is 0 Å². The van der Waals surface area contributed by atoms with Crippen LogP contribution in [0.15, 0.2) is 56.3 Å². The minimum atomic E-state index is -0.126. The van der Waals surface area contributed by atoms with Crippen LogP contribution in [-0.2, 0) is 0 Å². The Labute approximate surface area is 133 Å². The van der Waals surface area contributed by atoms with Gasteiger partial charge in [0, 0.05) is 25.1 Å². The Morgan fingerprint density at radius 2 is 1.63 bits per heavy atom. The van der Waals surface area contributed by atoms with Gasteiger partial charge in [0.15, 0.2) is 0 Å². The number of halogens is 2. The molecule has 0 bridgehead atoms. The van der Waals surface area contributed by atoms with Gasteiger partial charge >= 0.3 is 0 Å². The molecule has 0 heterocycles. The summed E-state index contributed by atoms with van der Waals surface area (Å²) in [6, 6.07) is 13.2. The summed E-state index contributed by atoms with van der Waals surface area (Å²) in [4.78, 5) is 13.3. The Kier molecular flexibility index (Phi) is 5.07. The lowest BCUT2D eigenvalue weighted by Crippen LogP contribution is -2.11. The molecule has 0 fully saturated rings. The molecule has 19 heavy (non-hydrogen) atoms. The third-order valence-electron chi connectivity index (χ3n) is 2.47. The van der Waals surface area contributed by atoms with E-state index < -0.39 is 0 Å². The zero-order valence-corrected chi connectivity index (χ0v) is 14.1. The van der Waals surface area contributed by atoms with Crippen molar-refractivity contribution in [3.8, 4) is 0 Å². The molecule has 1 amide bonds. The number of benzene rings is 2. The van der Waals surface area contributed by atoms with E-state index in [-0.39, 0.29) is 5.91 Å². The van der Waals surface area contributed by atoms with E-state index in [2.05, 4.69) is 37.2 Å².